The lowest BCUT2D eigenvalue weighted by atomic mass is 9.87. The van der Waals surface area contributed by atoms with Crippen LogP contribution >= 0.6 is 0 Å². The molecule has 0 aliphatic heterocycles. The second-order valence-electron chi connectivity index (χ2n) is 5.22. The SMILES string of the molecule is OCc1cc(NCCC2CCCCC2)ccc1O. The number of benzene rings is 1. The first-order valence-electron chi connectivity index (χ1n) is 6.96. The van der Waals surface area contributed by atoms with Crippen molar-refractivity contribution in [1.29, 1.82) is 0 Å². The summed E-state index contributed by atoms with van der Waals surface area (Å²) < 4.78 is 0. The second kappa shape index (κ2) is 6.64. The molecule has 0 amide bonds. The standard InChI is InChI=1S/C15H23NO2/c17-11-13-10-14(6-7-15(13)18)16-9-8-12-4-2-1-3-5-12/h6-7,10,12,16-18H,1-5,8-9,11H2. The van der Waals surface area contributed by atoms with Gasteiger partial charge < -0.3 is 15.5 Å². The monoisotopic (exact) mass is 249 g/mol. The van der Waals surface area contributed by atoms with E-state index in [9.17, 15) is 5.11 Å². The zero-order chi connectivity index (χ0) is 12.8. The van der Waals surface area contributed by atoms with Gasteiger partial charge in [-0.05, 0) is 30.5 Å². The average Bonchev–Trinajstić information content (AvgIpc) is 2.42. The first kappa shape index (κ1) is 13.2. The lowest BCUT2D eigenvalue weighted by molar-refractivity contribution is 0.275. The van der Waals surface area contributed by atoms with Crippen molar-refractivity contribution in [2.75, 3.05) is 11.9 Å². The van der Waals surface area contributed by atoms with E-state index in [1.54, 1.807) is 6.07 Å². The lowest BCUT2D eigenvalue weighted by Crippen LogP contribution is -2.12. The van der Waals surface area contributed by atoms with Gasteiger partial charge in [-0.15, -0.1) is 0 Å². The van der Waals surface area contributed by atoms with Crippen molar-refractivity contribution in [1.82, 2.24) is 0 Å². The van der Waals surface area contributed by atoms with Crippen LogP contribution in [0.25, 0.3) is 0 Å². The van der Waals surface area contributed by atoms with Gasteiger partial charge >= 0.3 is 0 Å². The summed E-state index contributed by atoms with van der Waals surface area (Å²) in [4.78, 5) is 0. The molecule has 1 aliphatic rings. The van der Waals surface area contributed by atoms with E-state index in [0.29, 0.717) is 5.56 Å². The van der Waals surface area contributed by atoms with Crippen molar-refractivity contribution in [3.05, 3.63) is 23.8 Å². The van der Waals surface area contributed by atoms with Gasteiger partial charge in [0.15, 0.2) is 0 Å². The summed E-state index contributed by atoms with van der Waals surface area (Å²) in [5.41, 5.74) is 1.56. The fraction of sp³-hybridized carbons (Fsp3) is 0.600. The van der Waals surface area contributed by atoms with Crippen LogP contribution in [0.3, 0.4) is 0 Å². The first-order chi connectivity index (χ1) is 8.79. The number of rotatable bonds is 5. The summed E-state index contributed by atoms with van der Waals surface area (Å²) in [5.74, 6) is 1.04. The smallest absolute Gasteiger partial charge is 0.121 e. The maximum atomic E-state index is 9.48. The van der Waals surface area contributed by atoms with Crippen LogP contribution < -0.4 is 5.32 Å². The Morgan fingerprint density at radius 3 is 2.67 bits per heavy atom. The van der Waals surface area contributed by atoms with Gasteiger partial charge in [-0.1, -0.05) is 32.1 Å². The molecule has 1 aliphatic carbocycles. The number of aromatic hydroxyl groups is 1. The maximum Gasteiger partial charge on any atom is 0.121 e. The largest absolute Gasteiger partial charge is 0.508 e. The van der Waals surface area contributed by atoms with Crippen LogP contribution in [0.4, 0.5) is 5.69 Å². The maximum absolute atomic E-state index is 9.48. The Balaban J connectivity index is 1.79. The van der Waals surface area contributed by atoms with Gasteiger partial charge in [0.1, 0.15) is 5.75 Å². The molecule has 1 fully saturated rings. The molecule has 2 rings (SSSR count). The Morgan fingerprint density at radius 1 is 1.17 bits per heavy atom. The zero-order valence-electron chi connectivity index (χ0n) is 10.9. The number of aliphatic hydroxyl groups is 1. The highest BCUT2D eigenvalue weighted by atomic mass is 16.3. The summed E-state index contributed by atoms with van der Waals surface area (Å²) in [6, 6.07) is 5.31. The fourth-order valence-electron chi connectivity index (χ4n) is 2.72. The highest BCUT2D eigenvalue weighted by Gasteiger charge is 2.12. The van der Waals surface area contributed by atoms with Crippen LogP contribution in [0.15, 0.2) is 18.2 Å². The highest BCUT2D eigenvalue weighted by molar-refractivity contribution is 5.50. The Hall–Kier alpha value is -1.22. The van der Waals surface area contributed by atoms with Gasteiger partial charge in [-0.2, -0.15) is 0 Å². The first-order valence-corrected chi connectivity index (χ1v) is 6.96. The summed E-state index contributed by atoms with van der Waals surface area (Å²) in [6.45, 7) is 0.851. The molecule has 0 unspecified atom stereocenters. The minimum Gasteiger partial charge on any atom is -0.508 e. The van der Waals surface area contributed by atoms with Crippen LogP contribution in [0.2, 0.25) is 0 Å². The Labute approximate surface area is 109 Å². The van der Waals surface area contributed by atoms with Gasteiger partial charge in [-0.3, -0.25) is 0 Å². The predicted octanol–water partition coefficient (Wildman–Crippen LogP) is 3.27. The molecule has 1 aromatic carbocycles. The summed E-state index contributed by atoms with van der Waals surface area (Å²) in [6.07, 6.45) is 8.15. The van der Waals surface area contributed by atoms with Crippen LogP contribution in [-0.4, -0.2) is 16.8 Å². The predicted molar refractivity (Wildman–Crippen MR) is 73.7 cm³/mol. The van der Waals surface area contributed by atoms with Gasteiger partial charge in [0, 0.05) is 17.8 Å². The summed E-state index contributed by atoms with van der Waals surface area (Å²) in [5, 5.41) is 21.9. The molecule has 18 heavy (non-hydrogen) atoms. The van der Waals surface area contributed by atoms with E-state index < -0.39 is 0 Å². The molecule has 0 saturated heterocycles. The second-order valence-corrected chi connectivity index (χ2v) is 5.22. The Bertz CT molecular complexity index is 373. The molecule has 0 radical (unpaired) electrons. The molecule has 0 heterocycles. The summed E-state index contributed by atoms with van der Waals surface area (Å²) >= 11 is 0. The zero-order valence-corrected chi connectivity index (χ0v) is 10.9. The molecule has 0 bridgehead atoms. The molecule has 3 nitrogen and oxygen atoms in total. The van der Waals surface area contributed by atoms with Gasteiger partial charge in [0.25, 0.3) is 0 Å². The van der Waals surface area contributed by atoms with E-state index in [2.05, 4.69) is 5.32 Å². The van der Waals surface area contributed by atoms with E-state index in [1.807, 2.05) is 12.1 Å². The van der Waals surface area contributed by atoms with E-state index in [4.69, 9.17) is 5.11 Å². The minimum absolute atomic E-state index is 0.121. The third-order valence-corrected chi connectivity index (χ3v) is 3.86. The van der Waals surface area contributed by atoms with E-state index >= 15 is 0 Å². The van der Waals surface area contributed by atoms with Crippen molar-refractivity contribution < 1.29 is 10.2 Å². The van der Waals surface area contributed by atoms with E-state index in [1.165, 1.54) is 38.5 Å². The number of aliphatic hydroxyl groups excluding tert-OH is 1. The number of phenols is 1. The fourth-order valence-corrected chi connectivity index (χ4v) is 2.72. The van der Waals surface area contributed by atoms with Crippen LogP contribution in [0, 0.1) is 5.92 Å². The van der Waals surface area contributed by atoms with Crippen molar-refractivity contribution in [2.45, 2.75) is 45.1 Å². The third-order valence-electron chi connectivity index (χ3n) is 3.86. The Kier molecular flexibility index (Phi) is 4.88. The van der Waals surface area contributed by atoms with Crippen molar-refractivity contribution in [3.63, 3.8) is 0 Å². The molecule has 1 saturated carbocycles. The van der Waals surface area contributed by atoms with Gasteiger partial charge in [0.2, 0.25) is 0 Å². The molecule has 0 aromatic heterocycles. The minimum atomic E-state index is -0.121. The van der Waals surface area contributed by atoms with Gasteiger partial charge in [0.05, 0.1) is 6.61 Å². The summed E-state index contributed by atoms with van der Waals surface area (Å²) in [7, 11) is 0. The molecule has 100 valence electrons. The lowest BCUT2D eigenvalue weighted by Gasteiger charge is -2.21. The number of anilines is 1. The third kappa shape index (κ3) is 3.64. The van der Waals surface area contributed by atoms with Crippen molar-refractivity contribution in [2.24, 2.45) is 5.92 Å². The average molecular weight is 249 g/mol. The highest BCUT2D eigenvalue weighted by Crippen LogP contribution is 2.26. The normalized spacial score (nSPS) is 16.7. The molecular formula is C15H23NO2. The van der Waals surface area contributed by atoms with E-state index in [0.717, 1.165) is 18.2 Å². The number of hydrogen-bond acceptors (Lipinski definition) is 3. The van der Waals surface area contributed by atoms with Crippen molar-refractivity contribution in [3.8, 4) is 5.75 Å². The molecule has 0 atom stereocenters. The molecule has 3 N–H and O–H groups in total. The molecular weight excluding hydrogens is 226 g/mol. The number of nitrogens with one attached hydrogen (secondary N) is 1. The van der Waals surface area contributed by atoms with E-state index in [-0.39, 0.29) is 12.4 Å². The topological polar surface area (TPSA) is 52.5 Å². The van der Waals surface area contributed by atoms with Crippen LogP contribution in [0.5, 0.6) is 5.75 Å². The molecule has 0 spiro atoms. The number of hydrogen-bond donors (Lipinski definition) is 3. The van der Waals surface area contributed by atoms with Crippen LogP contribution in [-0.2, 0) is 6.61 Å². The Morgan fingerprint density at radius 2 is 1.94 bits per heavy atom. The quantitative estimate of drug-likeness (QED) is 0.702. The van der Waals surface area contributed by atoms with Crippen molar-refractivity contribution >= 4 is 5.69 Å². The van der Waals surface area contributed by atoms with Gasteiger partial charge in [-0.25, -0.2) is 0 Å². The van der Waals surface area contributed by atoms with Crippen LogP contribution in [0.1, 0.15) is 44.1 Å². The molecule has 3 heteroatoms. The molecule has 1 aromatic rings.